The van der Waals surface area contributed by atoms with E-state index in [1.807, 2.05) is 16.3 Å². The Morgan fingerprint density at radius 2 is 2.14 bits per heavy atom. The highest BCUT2D eigenvalue weighted by Crippen LogP contribution is 2.22. The van der Waals surface area contributed by atoms with Gasteiger partial charge in [0.15, 0.2) is 0 Å². The maximum Gasteiger partial charge on any atom is 0.252 e. The van der Waals surface area contributed by atoms with Crippen molar-refractivity contribution in [2.45, 2.75) is 19.3 Å². The number of nitrogens with one attached hydrogen (secondary N) is 2. The molecule has 8 nitrogen and oxygen atoms in total. The molecule has 28 heavy (non-hydrogen) atoms. The lowest BCUT2D eigenvalue weighted by molar-refractivity contribution is -0.122. The van der Waals surface area contributed by atoms with Crippen LogP contribution >= 0.6 is 11.3 Å². The molecule has 2 aromatic rings. The van der Waals surface area contributed by atoms with Crippen LogP contribution in [-0.2, 0) is 9.59 Å². The highest BCUT2D eigenvalue weighted by Gasteiger charge is 2.24. The van der Waals surface area contributed by atoms with Crippen molar-refractivity contribution >= 4 is 40.6 Å². The minimum Gasteiger partial charge on any atom is -0.369 e. The summed E-state index contributed by atoms with van der Waals surface area (Å²) in [4.78, 5) is 41.7. The Morgan fingerprint density at radius 3 is 2.82 bits per heavy atom. The highest BCUT2D eigenvalue weighted by molar-refractivity contribution is 7.08. The van der Waals surface area contributed by atoms with E-state index in [0.717, 1.165) is 25.2 Å². The van der Waals surface area contributed by atoms with Gasteiger partial charge in [-0.15, -0.1) is 0 Å². The number of carbonyl (C=O) groups is 3. The summed E-state index contributed by atoms with van der Waals surface area (Å²) in [6, 6.07) is 5.33. The van der Waals surface area contributed by atoms with Crippen molar-refractivity contribution in [2.24, 2.45) is 11.7 Å². The van der Waals surface area contributed by atoms with Crippen molar-refractivity contribution in [1.82, 2.24) is 10.3 Å². The molecule has 0 saturated carbocycles. The van der Waals surface area contributed by atoms with Gasteiger partial charge in [0.05, 0.1) is 17.8 Å². The maximum atomic E-state index is 12.0. The zero-order chi connectivity index (χ0) is 19.9. The van der Waals surface area contributed by atoms with Gasteiger partial charge in [0, 0.05) is 37.0 Å². The Bertz CT molecular complexity index is 823. The molecule has 1 saturated heterocycles. The molecule has 3 heterocycles. The average molecular weight is 401 g/mol. The smallest absolute Gasteiger partial charge is 0.252 e. The molecule has 1 aliphatic heterocycles. The Hall–Kier alpha value is -2.94. The average Bonchev–Trinajstić information content (AvgIpc) is 3.23. The predicted molar refractivity (Wildman–Crippen MR) is 108 cm³/mol. The number of hydrogen-bond acceptors (Lipinski definition) is 6. The molecule has 148 valence electrons. The van der Waals surface area contributed by atoms with E-state index in [4.69, 9.17) is 5.73 Å². The molecule has 1 fully saturated rings. The lowest BCUT2D eigenvalue weighted by atomic mass is 9.97. The number of nitrogens with zero attached hydrogens (tertiary/aromatic N) is 2. The number of anilines is 2. The molecular formula is C19H23N5O3S. The molecule has 1 atom stereocenters. The first-order chi connectivity index (χ1) is 13.5. The minimum atomic E-state index is -0.278. The fourth-order valence-corrected chi connectivity index (χ4v) is 3.71. The number of carbonyl (C=O) groups excluding carboxylic acids is 3. The van der Waals surface area contributed by atoms with E-state index in [1.54, 1.807) is 23.7 Å². The van der Waals surface area contributed by atoms with E-state index in [1.165, 1.54) is 11.3 Å². The summed E-state index contributed by atoms with van der Waals surface area (Å²) in [5.41, 5.74) is 6.60. The van der Waals surface area contributed by atoms with Crippen LogP contribution in [-0.4, -0.2) is 42.3 Å². The van der Waals surface area contributed by atoms with Gasteiger partial charge in [0.2, 0.25) is 11.8 Å². The summed E-state index contributed by atoms with van der Waals surface area (Å²) in [6.07, 6.45) is 3.46. The van der Waals surface area contributed by atoms with Crippen LogP contribution in [0.25, 0.3) is 0 Å². The number of primary amides is 1. The standard InChI is InChI=1S/C19H23N5O3S/c20-18(26)13-2-1-8-24(11-13)16-4-3-15(10-22-16)23-17(25)5-7-21-19(27)14-6-9-28-12-14/h3-4,6,9-10,12-13H,1-2,5,7-8,11H2,(H2,20,26)(H,21,27)(H,23,25). The van der Waals surface area contributed by atoms with Gasteiger partial charge in [-0.1, -0.05) is 0 Å². The van der Waals surface area contributed by atoms with Crippen LogP contribution in [0, 0.1) is 5.92 Å². The molecular weight excluding hydrogens is 378 g/mol. The zero-order valence-corrected chi connectivity index (χ0v) is 16.2. The molecule has 1 unspecified atom stereocenters. The van der Waals surface area contributed by atoms with Crippen molar-refractivity contribution in [3.05, 3.63) is 40.7 Å². The highest BCUT2D eigenvalue weighted by atomic mass is 32.1. The molecule has 0 spiro atoms. The number of amides is 3. The number of hydrogen-bond donors (Lipinski definition) is 3. The van der Waals surface area contributed by atoms with Gasteiger partial charge in [-0.3, -0.25) is 14.4 Å². The van der Waals surface area contributed by atoms with Crippen LogP contribution in [0.5, 0.6) is 0 Å². The molecule has 0 aromatic carbocycles. The number of nitrogens with two attached hydrogens (primary N) is 1. The number of rotatable bonds is 7. The number of aromatic nitrogens is 1. The molecule has 2 aromatic heterocycles. The molecule has 3 amide bonds. The van der Waals surface area contributed by atoms with Gasteiger partial charge >= 0.3 is 0 Å². The van der Waals surface area contributed by atoms with Crippen LogP contribution in [0.15, 0.2) is 35.2 Å². The summed E-state index contributed by atoms with van der Waals surface area (Å²) < 4.78 is 0. The fraction of sp³-hybridized carbons (Fsp3) is 0.368. The van der Waals surface area contributed by atoms with Crippen LogP contribution < -0.4 is 21.3 Å². The van der Waals surface area contributed by atoms with E-state index < -0.39 is 0 Å². The second-order valence-corrected chi connectivity index (χ2v) is 7.44. The van der Waals surface area contributed by atoms with E-state index in [9.17, 15) is 14.4 Å². The minimum absolute atomic E-state index is 0.153. The predicted octanol–water partition coefficient (Wildman–Crippen LogP) is 1.60. The van der Waals surface area contributed by atoms with Crippen LogP contribution in [0.2, 0.25) is 0 Å². The van der Waals surface area contributed by atoms with Crippen LogP contribution in [0.4, 0.5) is 11.5 Å². The summed E-state index contributed by atoms with van der Waals surface area (Å²) >= 11 is 1.45. The van der Waals surface area contributed by atoms with Gasteiger partial charge in [0.25, 0.3) is 5.91 Å². The Labute approximate surface area is 167 Å². The van der Waals surface area contributed by atoms with Crippen molar-refractivity contribution in [3.63, 3.8) is 0 Å². The van der Waals surface area contributed by atoms with Crippen molar-refractivity contribution in [2.75, 3.05) is 29.9 Å². The molecule has 4 N–H and O–H groups in total. The normalized spacial score (nSPS) is 16.4. The largest absolute Gasteiger partial charge is 0.369 e. The van der Waals surface area contributed by atoms with Crippen molar-refractivity contribution in [3.8, 4) is 0 Å². The number of piperidine rings is 1. The Morgan fingerprint density at radius 1 is 1.29 bits per heavy atom. The number of thiophene rings is 1. The summed E-state index contributed by atoms with van der Waals surface area (Å²) in [6.45, 7) is 1.65. The topological polar surface area (TPSA) is 117 Å². The van der Waals surface area contributed by atoms with Gasteiger partial charge in [-0.05, 0) is 36.4 Å². The molecule has 1 aliphatic rings. The lowest BCUT2D eigenvalue weighted by Crippen LogP contribution is -2.41. The van der Waals surface area contributed by atoms with E-state index in [-0.39, 0.29) is 36.6 Å². The Kier molecular flexibility index (Phi) is 6.59. The van der Waals surface area contributed by atoms with E-state index in [2.05, 4.69) is 15.6 Å². The van der Waals surface area contributed by atoms with Crippen molar-refractivity contribution < 1.29 is 14.4 Å². The van der Waals surface area contributed by atoms with Gasteiger partial charge in [0.1, 0.15) is 5.82 Å². The van der Waals surface area contributed by atoms with E-state index >= 15 is 0 Å². The van der Waals surface area contributed by atoms with E-state index in [0.29, 0.717) is 17.8 Å². The zero-order valence-electron chi connectivity index (χ0n) is 15.4. The summed E-state index contributed by atoms with van der Waals surface area (Å²) in [7, 11) is 0. The summed E-state index contributed by atoms with van der Waals surface area (Å²) in [5, 5.41) is 9.07. The first kappa shape index (κ1) is 19.8. The third-order valence-corrected chi connectivity index (χ3v) is 5.28. The first-order valence-electron chi connectivity index (χ1n) is 9.13. The molecule has 9 heteroatoms. The second-order valence-electron chi connectivity index (χ2n) is 6.66. The summed E-state index contributed by atoms with van der Waals surface area (Å²) in [5.74, 6) is -0.0614. The molecule has 0 aliphatic carbocycles. The van der Waals surface area contributed by atoms with Gasteiger partial charge in [-0.25, -0.2) is 4.98 Å². The van der Waals surface area contributed by atoms with Crippen LogP contribution in [0.1, 0.15) is 29.6 Å². The molecule has 3 rings (SSSR count). The quantitative estimate of drug-likeness (QED) is 0.651. The molecule has 0 radical (unpaired) electrons. The second kappa shape index (κ2) is 9.32. The van der Waals surface area contributed by atoms with Crippen molar-refractivity contribution in [1.29, 1.82) is 0 Å². The first-order valence-corrected chi connectivity index (χ1v) is 10.1. The monoisotopic (exact) mass is 401 g/mol. The number of pyridine rings is 1. The molecule has 0 bridgehead atoms. The Balaban J connectivity index is 1.45. The van der Waals surface area contributed by atoms with Gasteiger partial charge < -0.3 is 21.3 Å². The van der Waals surface area contributed by atoms with Crippen LogP contribution in [0.3, 0.4) is 0 Å². The van der Waals surface area contributed by atoms with Gasteiger partial charge in [-0.2, -0.15) is 11.3 Å². The third kappa shape index (κ3) is 5.29. The SMILES string of the molecule is NC(=O)C1CCCN(c2ccc(NC(=O)CCNC(=O)c3ccsc3)cn2)C1. The fourth-order valence-electron chi connectivity index (χ4n) is 3.07. The lowest BCUT2D eigenvalue weighted by Gasteiger charge is -2.32. The third-order valence-electron chi connectivity index (χ3n) is 4.60. The maximum absolute atomic E-state index is 12.0.